The number of aryl methyl sites for hydroxylation is 1. The maximum absolute atomic E-state index is 5.93. The number of ether oxygens (including phenoxy) is 1. The van der Waals surface area contributed by atoms with Crippen molar-refractivity contribution in [1.29, 1.82) is 0 Å². The Kier molecular flexibility index (Phi) is 4.88. The molecule has 4 aromatic rings. The highest BCUT2D eigenvalue weighted by atomic mass is 16.5. The summed E-state index contributed by atoms with van der Waals surface area (Å²) in [5.74, 6) is 1.76. The second-order valence-electron chi connectivity index (χ2n) is 8.86. The lowest BCUT2D eigenvalue weighted by molar-refractivity contribution is 0.482. The van der Waals surface area contributed by atoms with Crippen LogP contribution in [0.25, 0.3) is 17.2 Å². The highest BCUT2D eigenvalue weighted by molar-refractivity contribution is 5.77. The number of benzene rings is 4. The van der Waals surface area contributed by atoms with Crippen molar-refractivity contribution in [3.8, 4) is 22.6 Å². The van der Waals surface area contributed by atoms with Crippen LogP contribution in [0, 0.1) is 0 Å². The van der Waals surface area contributed by atoms with Crippen LogP contribution in [-0.2, 0) is 25.7 Å². The van der Waals surface area contributed by atoms with Crippen LogP contribution in [0.2, 0.25) is 0 Å². The second kappa shape index (κ2) is 8.16. The molecule has 0 unspecified atom stereocenters. The smallest absolute Gasteiger partial charge is 0.127 e. The Balaban J connectivity index is 1.22. The third-order valence-electron chi connectivity index (χ3n) is 6.81. The number of hydrogen-bond acceptors (Lipinski definition) is 1. The molecule has 0 amide bonds. The van der Waals surface area contributed by atoms with Crippen LogP contribution in [0.1, 0.15) is 34.2 Å². The van der Waals surface area contributed by atoms with Crippen molar-refractivity contribution in [2.24, 2.45) is 0 Å². The molecule has 0 saturated carbocycles. The lowest BCUT2D eigenvalue weighted by Crippen LogP contribution is -2.11. The van der Waals surface area contributed by atoms with Gasteiger partial charge in [-0.2, -0.15) is 0 Å². The van der Waals surface area contributed by atoms with E-state index < -0.39 is 0 Å². The van der Waals surface area contributed by atoms with Crippen molar-refractivity contribution in [1.82, 2.24) is 0 Å². The Morgan fingerprint density at radius 3 is 2.19 bits per heavy atom. The van der Waals surface area contributed by atoms with Gasteiger partial charge < -0.3 is 4.74 Å². The minimum Gasteiger partial charge on any atom is -0.457 e. The Labute approximate surface area is 190 Å². The molecule has 0 heterocycles. The van der Waals surface area contributed by atoms with Crippen LogP contribution in [0.3, 0.4) is 0 Å². The van der Waals surface area contributed by atoms with Gasteiger partial charge >= 0.3 is 0 Å². The van der Waals surface area contributed by atoms with E-state index in [9.17, 15) is 0 Å². The van der Waals surface area contributed by atoms with Crippen molar-refractivity contribution in [3.05, 3.63) is 124 Å². The molecule has 2 aliphatic carbocycles. The fourth-order valence-corrected chi connectivity index (χ4v) is 5.22. The molecule has 6 rings (SSSR count). The number of rotatable bonds is 4. The van der Waals surface area contributed by atoms with Gasteiger partial charge in [0.1, 0.15) is 11.5 Å². The van der Waals surface area contributed by atoms with Crippen molar-refractivity contribution in [2.75, 3.05) is 0 Å². The van der Waals surface area contributed by atoms with E-state index in [4.69, 9.17) is 4.74 Å². The van der Waals surface area contributed by atoms with E-state index in [0.717, 1.165) is 37.2 Å². The normalized spacial score (nSPS) is 14.1. The average molecular weight is 415 g/mol. The zero-order valence-electron chi connectivity index (χ0n) is 18.2. The largest absolute Gasteiger partial charge is 0.457 e. The SMILES string of the molecule is C1=C(Cc2ccc(Oc3ccccc3)cc2)CCc2c1ccc1c2CCc2ccccc2-1. The van der Waals surface area contributed by atoms with Crippen LogP contribution in [0.15, 0.2) is 96.6 Å². The highest BCUT2D eigenvalue weighted by Crippen LogP contribution is 2.39. The molecule has 0 saturated heterocycles. The fourth-order valence-electron chi connectivity index (χ4n) is 5.22. The first-order chi connectivity index (χ1) is 15.8. The van der Waals surface area contributed by atoms with Gasteiger partial charge in [0.25, 0.3) is 0 Å². The van der Waals surface area contributed by atoms with E-state index in [-0.39, 0.29) is 0 Å². The molecule has 2 aliphatic rings. The predicted molar refractivity (Wildman–Crippen MR) is 132 cm³/mol. The molecule has 0 N–H and O–H groups in total. The lowest BCUT2D eigenvalue weighted by atomic mass is 9.78. The van der Waals surface area contributed by atoms with Crippen LogP contribution in [-0.4, -0.2) is 0 Å². The summed E-state index contributed by atoms with van der Waals surface area (Å²) in [7, 11) is 0. The van der Waals surface area contributed by atoms with Gasteiger partial charge in [-0.1, -0.05) is 78.4 Å². The minimum atomic E-state index is 0.873. The maximum Gasteiger partial charge on any atom is 0.127 e. The number of hydrogen-bond donors (Lipinski definition) is 0. The third-order valence-corrected chi connectivity index (χ3v) is 6.81. The molecule has 0 radical (unpaired) electrons. The van der Waals surface area contributed by atoms with Crippen LogP contribution >= 0.6 is 0 Å². The number of para-hydroxylation sites is 1. The van der Waals surface area contributed by atoms with Crippen LogP contribution in [0.5, 0.6) is 11.5 Å². The van der Waals surface area contributed by atoms with E-state index in [1.807, 2.05) is 30.3 Å². The summed E-state index contributed by atoms with van der Waals surface area (Å²) in [6.45, 7) is 0. The summed E-state index contributed by atoms with van der Waals surface area (Å²) in [4.78, 5) is 0. The van der Waals surface area contributed by atoms with Crippen molar-refractivity contribution >= 4 is 6.08 Å². The molecule has 0 aromatic heterocycles. The molecule has 0 spiro atoms. The van der Waals surface area contributed by atoms with Crippen molar-refractivity contribution in [3.63, 3.8) is 0 Å². The summed E-state index contributed by atoms with van der Waals surface area (Å²) >= 11 is 0. The molecule has 1 nitrogen and oxygen atoms in total. The molecule has 0 atom stereocenters. The van der Waals surface area contributed by atoms with Gasteiger partial charge in [0, 0.05) is 0 Å². The van der Waals surface area contributed by atoms with Crippen LogP contribution < -0.4 is 4.74 Å². The highest BCUT2D eigenvalue weighted by Gasteiger charge is 2.22. The topological polar surface area (TPSA) is 9.23 Å². The summed E-state index contributed by atoms with van der Waals surface area (Å²) in [6.07, 6.45) is 8.07. The molecule has 156 valence electrons. The monoisotopic (exact) mass is 414 g/mol. The zero-order valence-corrected chi connectivity index (χ0v) is 18.2. The van der Waals surface area contributed by atoms with E-state index >= 15 is 0 Å². The Morgan fingerprint density at radius 1 is 0.562 bits per heavy atom. The van der Waals surface area contributed by atoms with Gasteiger partial charge in [0.05, 0.1) is 0 Å². The van der Waals surface area contributed by atoms with Gasteiger partial charge in [-0.25, -0.2) is 0 Å². The summed E-state index contributed by atoms with van der Waals surface area (Å²) < 4.78 is 5.93. The van der Waals surface area contributed by atoms with Gasteiger partial charge in [-0.05, 0) is 95.3 Å². The minimum absolute atomic E-state index is 0.873. The predicted octanol–water partition coefficient (Wildman–Crippen LogP) is 7.82. The first-order valence-corrected chi connectivity index (χ1v) is 11.6. The lowest BCUT2D eigenvalue weighted by Gasteiger charge is -2.26. The number of allylic oxidation sites excluding steroid dienone is 1. The standard InChI is InChI=1S/C31H26O/c1-2-7-26(8-3-1)32-27-15-10-22(11-16-27)20-23-12-17-29-25(21-23)14-19-30-28-9-5-4-6-24(28)13-18-31(29)30/h1-11,14-16,19,21H,12-13,17-18,20H2. The number of fused-ring (bicyclic) bond motifs is 5. The quantitative estimate of drug-likeness (QED) is 0.331. The van der Waals surface area contributed by atoms with E-state index in [0.29, 0.717) is 0 Å². The van der Waals surface area contributed by atoms with Crippen molar-refractivity contribution in [2.45, 2.75) is 32.1 Å². The van der Waals surface area contributed by atoms with E-state index in [1.54, 1.807) is 11.1 Å². The molecule has 4 aromatic carbocycles. The molecule has 0 fully saturated rings. The van der Waals surface area contributed by atoms with Crippen molar-refractivity contribution < 1.29 is 4.74 Å². The Bertz CT molecular complexity index is 1300. The van der Waals surface area contributed by atoms with Gasteiger partial charge in [0.2, 0.25) is 0 Å². The van der Waals surface area contributed by atoms with E-state index in [1.165, 1.54) is 39.8 Å². The first kappa shape index (κ1) is 19.1. The molecular formula is C31H26O. The van der Waals surface area contributed by atoms with Crippen LogP contribution in [0.4, 0.5) is 0 Å². The summed E-state index contributed by atoms with van der Waals surface area (Å²) in [5.41, 5.74) is 11.8. The first-order valence-electron chi connectivity index (χ1n) is 11.6. The van der Waals surface area contributed by atoms with Gasteiger partial charge in [0.15, 0.2) is 0 Å². The second-order valence-corrected chi connectivity index (χ2v) is 8.86. The Morgan fingerprint density at radius 2 is 1.31 bits per heavy atom. The average Bonchev–Trinajstić information content (AvgIpc) is 2.85. The molecule has 32 heavy (non-hydrogen) atoms. The fraction of sp³-hybridized carbons (Fsp3) is 0.161. The third kappa shape index (κ3) is 3.65. The Hall–Kier alpha value is -3.58. The molecule has 0 aliphatic heterocycles. The maximum atomic E-state index is 5.93. The summed E-state index contributed by atoms with van der Waals surface area (Å²) in [5, 5.41) is 0. The van der Waals surface area contributed by atoms with Gasteiger partial charge in [-0.15, -0.1) is 0 Å². The molecule has 1 heteroatoms. The van der Waals surface area contributed by atoms with E-state index in [2.05, 4.69) is 66.7 Å². The molecular weight excluding hydrogens is 388 g/mol. The zero-order chi connectivity index (χ0) is 21.3. The van der Waals surface area contributed by atoms with Gasteiger partial charge in [-0.3, -0.25) is 0 Å². The molecule has 0 bridgehead atoms. The summed E-state index contributed by atoms with van der Waals surface area (Å²) in [6, 6.07) is 32.1.